The van der Waals surface area contributed by atoms with Crippen molar-refractivity contribution < 1.29 is 23.9 Å². The highest BCUT2D eigenvalue weighted by Gasteiger charge is 2.50. The van der Waals surface area contributed by atoms with Crippen molar-refractivity contribution in [3.8, 4) is 11.4 Å². The summed E-state index contributed by atoms with van der Waals surface area (Å²) in [6.45, 7) is 7.23. The number of piperidine rings is 2. The smallest absolute Gasteiger partial charge is 0.320 e. The van der Waals surface area contributed by atoms with E-state index in [9.17, 15) is 24.0 Å². The molecule has 1 atom stereocenters. The number of aromatic nitrogens is 2. The lowest BCUT2D eigenvalue weighted by Gasteiger charge is -2.50. The Kier molecular flexibility index (Phi) is 8.64. The zero-order valence-electron chi connectivity index (χ0n) is 34.7. The van der Waals surface area contributed by atoms with Crippen molar-refractivity contribution in [3.63, 3.8) is 0 Å². The molecule has 14 nitrogen and oxygen atoms in total. The van der Waals surface area contributed by atoms with E-state index in [0.717, 1.165) is 112 Å². The van der Waals surface area contributed by atoms with Gasteiger partial charge in [0.25, 0.3) is 11.5 Å². The number of nitrogens with one attached hydrogen (secondary N) is 1. The fourth-order valence-electron chi connectivity index (χ4n) is 12.3. The van der Waals surface area contributed by atoms with Gasteiger partial charge < -0.3 is 24.3 Å². The molecule has 1 aromatic heterocycles. The molecule has 4 saturated heterocycles. The van der Waals surface area contributed by atoms with Gasteiger partial charge in [-0.1, -0.05) is 43.0 Å². The van der Waals surface area contributed by atoms with Crippen molar-refractivity contribution in [3.05, 3.63) is 92.0 Å². The molecule has 5 amide bonds. The number of likely N-dealkylation sites (tertiary alicyclic amines) is 2. The molecule has 15 heteroatoms. The highest BCUT2D eigenvalue weighted by Crippen LogP contribution is 2.53. The maximum atomic E-state index is 13.8. The van der Waals surface area contributed by atoms with Crippen LogP contribution in [-0.4, -0.2) is 124 Å². The van der Waals surface area contributed by atoms with E-state index in [4.69, 9.17) is 21.3 Å². The van der Waals surface area contributed by atoms with Gasteiger partial charge in [-0.15, -0.1) is 0 Å². The number of ether oxygens (including phenoxy) is 1. The molecule has 12 rings (SSSR count). The number of rotatable bonds is 3. The highest BCUT2D eigenvalue weighted by atomic mass is 35.5. The summed E-state index contributed by atoms with van der Waals surface area (Å²) in [7, 11) is 0. The number of piperazine rings is 1. The Labute approximate surface area is 363 Å². The molecule has 1 aliphatic carbocycles. The number of carbonyl (C=O) groups is 4. The first-order chi connectivity index (χ1) is 30.1. The first kappa shape index (κ1) is 38.2. The third-order valence-electron chi connectivity index (χ3n) is 15.8. The summed E-state index contributed by atoms with van der Waals surface area (Å²) in [5, 5.41) is 3.30. The molecule has 2 spiro atoms. The van der Waals surface area contributed by atoms with Crippen molar-refractivity contribution in [2.75, 3.05) is 63.9 Å². The van der Waals surface area contributed by atoms with Gasteiger partial charge in [-0.2, -0.15) is 4.98 Å². The van der Waals surface area contributed by atoms with Crippen LogP contribution in [0.5, 0.6) is 5.75 Å². The fourth-order valence-corrected chi connectivity index (χ4v) is 12.5. The van der Waals surface area contributed by atoms with E-state index in [2.05, 4.69) is 37.9 Å². The molecule has 8 heterocycles. The van der Waals surface area contributed by atoms with Crippen LogP contribution in [0, 0.1) is 0 Å². The largest absolute Gasteiger partial charge is 0.492 e. The zero-order chi connectivity index (χ0) is 42.1. The van der Waals surface area contributed by atoms with Gasteiger partial charge in [0.1, 0.15) is 17.6 Å². The van der Waals surface area contributed by atoms with Crippen LogP contribution in [0.25, 0.3) is 16.6 Å². The van der Waals surface area contributed by atoms with Crippen LogP contribution in [0.4, 0.5) is 10.5 Å². The molecule has 0 bridgehead atoms. The minimum atomic E-state index is -0.667. The molecule has 0 unspecified atom stereocenters. The first-order valence-corrected chi connectivity index (χ1v) is 22.8. The van der Waals surface area contributed by atoms with Crippen molar-refractivity contribution in [1.82, 2.24) is 34.5 Å². The lowest BCUT2D eigenvalue weighted by Crippen LogP contribution is -2.66. The summed E-state index contributed by atoms with van der Waals surface area (Å²) in [6.07, 6.45) is 7.47. The Morgan fingerprint density at radius 3 is 2.42 bits per heavy atom. The molecule has 320 valence electrons. The van der Waals surface area contributed by atoms with E-state index in [-0.39, 0.29) is 47.2 Å². The number of carbonyl (C=O) groups excluding carboxylic acids is 4. The molecule has 4 aromatic rings. The predicted molar refractivity (Wildman–Crippen MR) is 231 cm³/mol. The van der Waals surface area contributed by atoms with E-state index >= 15 is 0 Å². The minimum Gasteiger partial charge on any atom is -0.492 e. The molecule has 0 radical (unpaired) electrons. The number of hydrogen-bond donors (Lipinski definition) is 1. The maximum Gasteiger partial charge on any atom is 0.320 e. The molecule has 1 saturated carbocycles. The average molecular weight is 857 g/mol. The second-order valence-electron chi connectivity index (χ2n) is 18.8. The van der Waals surface area contributed by atoms with Crippen LogP contribution in [0.2, 0.25) is 5.02 Å². The third-order valence-corrected chi connectivity index (χ3v) is 16.1. The van der Waals surface area contributed by atoms with Crippen LogP contribution < -0.4 is 20.5 Å². The van der Waals surface area contributed by atoms with Crippen molar-refractivity contribution >= 4 is 51.9 Å². The van der Waals surface area contributed by atoms with Crippen molar-refractivity contribution in [1.29, 1.82) is 0 Å². The molecule has 3 aromatic carbocycles. The Hall–Kier alpha value is -5.47. The van der Waals surface area contributed by atoms with Gasteiger partial charge in [0.05, 0.1) is 40.2 Å². The lowest BCUT2D eigenvalue weighted by atomic mass is 9.69. The van der Waals surface area contributed by atoms with Gasteiger partial charge in [-0.05, 0) is 74.1 Å². The lowest BCUT2D eigenvalue weighted by molar-refractivity contribution is -0.136. The number of amides is 5. The second kappa shape index (κ2) is 14.0. The summed E-state index contributed by atoms with van der Waals surface area (Å²) >= 11 is 6.57. The minimum absolute atomic E-state index is 0.107. The molecule has 62 heavy (non-hydrogen) atoms. The van der Waals surface area contributed by atoms with Crippen LogP contribution in [0.15, 0.2) is 53.3 Å². The quantitative estimate of drug-likeness (QED) is 0.290. The van der Waals surface area contributed by atoms with Gasteiger partial charge >= 0.3 is 6.03 Å². The van der Waals surface area contributed by atoms with E-state index < -0.39 is 11.9 Å². The Balaban J connectivity index is 0.674. The molecule has 5 fully saturated rings. The number of anilines is 1. The van der Waals surface area contributed by atoms with E-state index in [1.165, 1.54) is 17.7 Å². The summed E-state index contributed by atoms with van der Waals surface area (Å²) in [5.74, 6) is 0.691. The molecular formula is C47H49ClN8O6. The first-order valence-electron chi connectivity index (χ1n) is 22.5. The van der Waals surface area contributed by atoms with Crippen LogP contribution in [0.1, 0.15) is 90.7 Å². The van der Waals surface area contributed by atoms with Crippen LogP contribution in [0.3, 0.4) is 0 Å². The van der Waals surface area contributed by atoms with Crippen LogP contribution in [-0.2, 0) is 27.0 Å². The van der Waals surface area contributed by atoms with Gasteiger partial charge in [0.2, 0.25) is 11.8 Å². The number of halogens is 1. The third kappa shape index (κ3) is 5.57. The number of nitrogens with zero attached hydrogens (tertiary/aromatic N) is 7. The van der Waals surface area contributed by atoms with Gasteiger partial charge in [-0.25, -0.2) is 4.79 Å². The van der Waals surface area contributed by atoms with Gasteiger partial charge in [-0.3, -0.25) is 34.0 Å². The number of imide groups is 1. The highest BCUT2D eigenvalue weighted by molar-refractivity contribution is 6.35. The van der Waals surface area contributed by atoms with E-state index in [1.807, 2.05) is 34.1 Å². The topological polar surface area (TPSA) is 141 Å². The van der Waals surface area contributed by atoms with E-state index in [0.29, 0.717) is 48.1 Å². The van der Waals surface area contributed by atoms with E-state index in [1.54, 1.807) is 11.0 Å². The number of urea groups is 1. The van der Waals surface area contributed by atoms with Crippen molar-refractivity contribution in [2.24, 2.45) is 0 Å². The standard InChI is InChI=1S/C47H49ClN8O6/c48-34-5-4-6-36-39(34)42(59)50-44-47(13-2-1-3-14-47)33-23-28(7-10-35(33)56(36)44)51-19-21-52(22-20-51)29-24-54(25-29)45(61)53-17-15-46(16-18-53)27-62-40-31-26-55(37-11-12-38(57)49-41(37)58)43(60)30(31)8-9-32(40)46/h4-10,23,29,37H,1-3,11-22,24-27H2,(H,49,57,58)/t37-/m0/s1. The average Bonchev–Trinajstić information content (AvgIpc) is 3.88. The van der Waals surface area contributed by atoms with Gasteiger partial charge in [0.15, 0.2) is 0 Å². The maximum absolute atomic E-state index is 13.8. The molecule has 8 aliphatic rings. The molecular weight excluding hydrogens is 808 g/mol. The molecule has 1 N–H and O–H groups in total. The predicted octanol–water partition coefficient (Wildman–Crippen LogP) is 4.72. The van der Waals surface area contributed by atoms with Crippen LogP contribution >= 0.6 is 11.6 Å². The number of hydrogen-bond acceptors (Lipinski definition) is 9. The SMILES string of the molecule is O=C1CC[C@H](N2Cc3c(ccc4c3OCC43CCN(C(=O)N4CC(N5CCN(c6ccc7c(c6)C6(CCCCC6)c6nc(=O)c8c(Cl)cccc8n6-7)CC5)C4)CC3)C2=O)C(=O)N1. The Bertz CT molecular complexity index is 2670. The second-order valence-corrected chi connectivity index (χ2v) is 19.3. The zero-order valence-corrected chi connectivity index (χ0v) is 35.4. The fraction of sp³-hybridized carbons (Fsp3) is 0.489. The Morgan fingerprint density at radius 1 is 0.855 bits per heavy atom. The summed E-state index contributed by atoms with van der Waals surface area (Å²) in [4.78, 5) is 80.3. The van der Waals surface area contributed by atoms with Crippen molar-refractivity contribution in [2.45, 2.75) is 87.2 Å². The Morgan fingerprint density at radius 2 is 1.65 bits per heavy atom. The molecule has 7 aliphatic heterocycles. The summed E-state index contributed by atoms with van der Waals surface area (Å²) in [6, 6.07) is 16.2. The monoisotopic (exact) mass is 856 g/mol. The number of fused-ring (bicyclic) bond motifs is 11. The normalized spacial score (nSPS) is 24.0. The summed E-state index contributed by atoms with van der Waals surface area (Å²) in [5.41, 5.74) is 6.15. The van der Waals surface area contributed by atoms with Gasteiger partial charge in [0, 0.05) is 92.6 Å². The number of benzene rings is 3. The summed E-state index contributed by atoms with van der Waals surface area (Å²) < 4.78 is 8.56.